The van der Waals surface area contributed by atoms with E-state index >= 15 is 0 Å². The maximum Gasteiger partial charge on any atom is 0.242 e. The number of halogens is 1. The van der Waals surface area contributed by atoms with Gasteiger partial charge in [0.2, 0.25) is 10.0 Å². The Balaban J connectivity index is 3.32. The highest BCUT2D eigenvalue weighted by Gasteiger charge is 2.19. The van der Waals surface area contributed by atoms with E-state index in [-0.39, 0.29) is 16.5 Å². The van der Waals surface area contributed by atoms with Gasteiger partial charge in [0.05, 0.1) is 4.90 Å². The van der Waals surface area contributed by atoms with Crippen LogP contribution in [0.3, 0.4) is 0 Å². The first-order valence-electron chi connectivity index (χ1n) is 5.28. The Morgan fingerprint density at radius 2 is 2.11 bits per heavy atom. The van der Waals surface area contributed by atoms with Crippen molar-refractivity contribution in [2.45, 2.75) is 24.8 Å². The zero-order chi connectivity index (χ0) is 13.8. The molecular weight excluding hydrogens is 257 g/mol. The lowest BCUT2D eigenvalue weighted by Gasteiger charge is -2.11. The van der Waals surface area contributed by atoms with Crippen LogP contribution < -0.4 is 4.72 Å². The minimum Gasteiger partial charge on any atom is -0.384 e. The van der Waals surface area contributed by atoms with Crippen molar-refractivity contribution in [3.63, 3.8) is 0 Å². The minimum atomic E-state index is -3.74. The number of benzene rings is 1. The first kappa shape index (κ1) is 14.6. The summed E-state index contributed by atoms with van der Waals surface area (Å²) in [6, 6.07) is 2.96. The summed E-state index contributed by atoms with van der Waals surface area (Å²) in [5, 5.41) is 8.60. The van der Waals surface area contributed by atoms with Gasteiger partial charge in [0.25, 0.3) is 0 Å². The second-order valence-electron chi connectivity index (χ2n) is 3.88. The van der Waals surface area contributed by atoms with Crippen molar-refractivity contribution in [2.24, 2.45) is 0 Å². The number of aliphatic hydroxyl groups excluding tert-OH is 1. The summed E-state index contributed by atoms with van der Waals surface area (Å²) < 4.78 is 39.4. The van der Waals surface area contributed by atoms with E-state index in [2.05, 4.69) is 16.6 Å². The molecule has 98 valence electrons. The number of aliphatic hydroxyl groups is 1. The van der Waals surface area contributed by atoms with E-state index in [0.717, 1.165) is 18.2 Å². The third-order valence-corrected chi connectivity index (χ3v) is 3.64. The zero-order valence-corrected chi connectivity index (χ0v) is 10.9. The Labute approximate surface area is 106 Å². The Hall–Kier alpha value is -1.42. The van der Waals surface area contributed by atoms with E-state index in [9.17, 15) is 12.8 Å². The zero-order valence-electron chi connectivity index (χ0n) is 10.1. The van der Waals surface area contributed by atoms with E-state index < -0.39 is 22.4 Å². The van der Waals surface area contributed by atoms with Crippen molar-refractivity contribution in [1.29, 1.82) is 0 Å². The summed E-state index contributed by atoms with van der Waals surface area (Å²) in [5.74, 6) is 4.15. The van der Waals surface area contributed by atoms with Crippen molar-refractivity contribution >= 4 is 10.0 Å². The molecule has 0 unspecified atom stereocenters. The van der Waals surface area contributed by atoms with Crippen LogP contribution in [0.2, 0.25) is 0 Å². The normalized spacial score (nSPS) is 11.2. The molecule has 2 N–H and O–H groups in total. The van der Waals surface area contributed by atoms with Crippen LogP contribution in [0, 0.1) is 17.7 Å². The largest absolute Gasteiger partial charge is 0.384 e. The molecule has 0 atom stereocenters. The minimum absolute atomic E-state index is 0.0252. The number of rotatable bonds is 3. The average Bonchev–Trinajstić information content (AvgIpc) is 2.24. The van der Waals surface area contributed by atoms with Gasteiger partial charge in [-0.1, -0.05) is 11.8 Å². The van der Waals surface area contributed by atoms with Gasteiger partial charge in [0.1, 0.15) is 12.4 Å². The molecule has 0 amide bonds. The third-order valence-electron chi connectivity index (χ3n) is 1.92. The average molecular weight is 271 g/mol. The van der Waals surface area contributed by atoms with Crippen LogP contribution in [0.4, 0.5) is 4.39 Å². The molecular formula is C12H14FNO3S. The number of nitrogens with one attached hydrogen (secondary N) is 1. The molecule has 0 aliphatic heterocycles. The van der Waals surface area contributed by atoms with Crippen molar-refractivity contribution in [1.82, 2.24) is 4.72 Å². The van der Waals surface area contributed by atoms with Gasteiger partial charge in [0, 0.05) is 11.6 Å². The van der Waals surface area contributed by atoms with Crippen LogP contribution >= 0.6 is 0 Å². The summed E-state index contributed by atoms with van der Waals surface area (Å²) >= 11 is 0. The summed E-state index contributed by atoms with van der Waals surface area (Å²) in [7, 11) is -3.74. The van der Waals surface area contributed by atoms with Crippen LogP contribution in [-0.2, 0) is 10.0 Å². The van der Waals surface area contributed by atoms with E-state index in [1.807, 2.05) is 0 Å². The second kappa shape index (κ2) is 5.96. The molecule has 0 aliphatic carbocycles. The van der Waals surface area contributed by atoms with Gasteiger partial charge in [0.15, 0.2) is 0 Å². The summed E-state index contributed by atoms with van der Waals surface area (Å²) in [6.45, 7) is 2.94. The maximum absolute atomic E-state index is 13.1. The lowest BCUT2D eigenvalue weighted by molar-refractivity contribution is 0.350. The van der Waals surface area contributed by atoms with E-state index in [0.29, 0.717) is 0 Å². The Bertz CT molecular complexity index is 585. The van der Waals surface area contributed by atoms with E-state index in [1.165, 1.54) is 0 Å². The molecule has 1 aromatic rings. The fourth-order valence-electron chi connectivity index (χ4n) is 1.34. The smallest absolute Gasteiger partial charge is 0.242 e. The molecule has 0 saturated carbocycles. The highest BCUT2D eigenvalue weighted by atomic mass is 32.2. The van der Waals surface area contributed by atoms with Gasteiger partial charge >= 0.3 is 0 Å². The lowest BCUT2D eigenvalue weighted by Crippen LogP contribution is -2.30. The predicted molar refractivity (Wildman–Crippen MR) is 65.8 cm³/mol. The van der Waals surface area contributed by atoms with Crippen molar-refractivity contribution < 1.29 is 17.9 Å². The molecule has 0 aliphatic rings. The first-order chi connectivity index (χ1) is 8.36. The molecule has 0 aromatic heterocycles. The summed E-state index contributed by atoms with van der Waals surface area (Å²) in [5.41, 5.74) is 0.0252. The van der Waals surface area contributed by atoms with Gasteiger partial charge in [-0.25, -0.2) is 17.5 Å². The molecule has 1 rings (SSSR count). The molecule has 0 saturated heterocycles. The third kappa shape index (κ3) is 3.81. The maximum atomic E-state index is 13.1. The van der Waals surface area contributed by atoms with Crippen molar-refractivity contribution in [2.75, 3.05) is 6.61 Å². The molecule has 18 heavy (non-hydrogen) atoms. The fraction of sp³-hybridized carbons (Fsp3) is 0.333. The van der Waals surface area contributed by atoms with Gasteiger partial charge in [-0.3, -0.25) is 0 Å². The Morgan fingerprint density at radius 1 is 1.44 bits per heavy atom. The van der Waals surface area contributed by atoms with Crippen LogP contribution in [-0.4, -0.2) is 26.2 Å². The van der Waals surface area contributed by atoms with Crippen molar-refractivity contribution in [3.05, 3.63) is 29.6 Å². The van der Waals surface area contributed by atoms with Crippen LogP contribution in [0.5, 0.6) is 0 Å². The van der Waals surface area contributed by atoms with Gasteiger partial charge in [-0.2, -0.15) is 0 Å². The lowest BCUT2D eigenvalue weighted by atomic mass is 10.2. The molecule has 0 bridgehead atoms. The molecule has 6 heteroatoms. The molecule has 0 spiro atoms. The Kier molecular flexibility index (Phi) is 4.84. The molecule has 4 nitrogen and oxygen atoms in total. The highest BCUT2D eigenvalue weighted by molar-refractivity contribution is 7.89. The topological polar surface area (TPSA) is 66.4 Å². The molecule has 1 aromatic carbocycles. The summed E-state index contributed by atoms with van der Waals surface area (Å²) in [6.07, 6.45) is 0. The van der Waals surface area contributed by atoms with Gasteiger partial charge in [-0.15, -0.1) is 0 Å². The molecule has 0 radical (unpaired) electrons. The fourth-order valence-corrected chi connectivity index (χ4v) is 2.74. The summed E-state index contributed by atoms with van der Waals surface area (Å²) in [4.78, 5) is -0.0986. The Morgan fingerprint density at radius 3 is 2.67 bits per heavy atom. The van der Waals surface area contributed by atoms with E-state index in [1.54, 1.807) is 13.8 Å². The quantitative estimate of drug-likeness (QED) is 0.801. The molecule has 0 heterocycles. The van der Waals surface area contributed by atoms with E-state index in [4.69, 9.17) is 5.11 Å². The number of hydrogen-bond acceptors (Lipinski definition) is 3. The first-order valence-corrected chi connectivity index (χ1v) is 6.76. The van der Waals surface area contributed by atoms with Gasteiger partial charge in [-0.05, 0) is 32.0 Å². The second-order valence-corrected chi connectivity index (χ2v) is 5.56. The van der Waals surface area contributed by atoms with Crippen LogP contribution in [0.25, 0.3) is 0 Å². The van der Waals surface area contributed by atoms with Gasteiger partial charge < -0.3 is 5.11 Å². The number of sulfonamides is 1. The predicted octanol–water partition coefficient (Wildman–Crippen LogP) is 0.856. The van der Waals surface area contributed by atoms with Crippen LogP contribution in [0.1, 0.15) is 19.4 Å². The number of hydrogen-bond donors (Lipinski definition) is 2. The monoisotopic (exact) mass is 271 g/mol. The standard InChI is InChI=1S/C12H14FNO3S/c1-9(2)14-18(16,17)12-6-5-11(13)8-10(12)4-3-7-15/h5-6,8-9,14-15H,7H2,1-2H3. The SMILES string of the molecule is CC(C)NS(=O)(=O)c1ccc(F)cc1C#CCO. The van der Waals surface area contributed by atoms with Crippen molar-refractivity contribution in [3.8, 4) is 11.8 Å². The van der Waals surface area contributed by atoms with Crippen LogP contribution in [0.15, 0.2) is 23.1 Å². The molecule has 0 fully saturated rings. The highest BCUT2D eigenvalue weighted by Crippen LogP contribution is 2.16.